The zero-order valence-electron chi connectivity index (χ0n) is 10.2. The average Bonchev–Trinajstić information content (AvgIpc) is 2.29. The molecule has 0 fully saturated rings. The van der Waals surface area contributed by atoms with Crippen LogP contribution in [0.1, 0.15) is 17.3 Å². The van der Waals surface area contributed by atoms with Gasteiger partial charge >= 0.3 is 5.97 Å². The molecule has 0 radical (unpaired) electrons. The lowest BCUT2D eigenvalue weighted by Gasteiger charge is -2.16. The van der Waals surface area contributed by atoms with Crippen LogP contribution in [-0.2, 0) is 16.1 Å². The highest BCUT2D eigenvalue weighted by Crippen LogP contribution is 1.97. The van der Waals surface area contributed by atoms with Crippen LogP contribution in [0.2, 0.25) is 0 Å². The molecule has 0 aliphatic rings. The second-order valence-corrected chi connectivity index (χ2v) is 3.91. The molecule has 0 bridgehead atoms. The van der Waals surface area contributed by atoms with Gasteiger partial charge in [0.25, 0.3) is 0 Å². The fourth-order valence-electron chi connectivity index (χ4n) is 1.47. The summed E-state index contributed by atoms with van der Waals surface area (Å²) in [6.07, 6.45) is 1.28. The first-order valence-corrected chi connectivity index (χ1v) is 5.36. The highest BCUT2D eigenvalue weighted by atomic mass is 16.4. The monoisotopic (exact) mass is 266 g/mol. The van der Waals surface area contributed by atoms with Crippen LogP contribution in [0, 0.1) is 5.41 Å². The van der Waals surface area contributed by atoms with Crippen molar-refractivity contribution >= 4 is 17.8 Å². The van der Waals surface area contributed by atoms with E-state index in [4.69, 9.17) is 16.2 Å². The molecule has 0 aliphatic carbocycles. The first kappa shape index (κ1) is 14.4. The fraction of sp³-hybridized carbons (Fsp3) is 0.273. The van der Waals surface area contributed by atoms with Gasteiger partial charge in [0.2, 0.25) is 11.8 Å². The molecule has 0 aliphatic heterocycles. The summed E-state index contributed by atoms with van der Waals surface area (Å²) in [5.74, 6) is -2.41. The summed E-state index contributed by atoms with van der Waals surface area (Å²) in [6, 6.07) is 1.51. The van der Waals surface area contributed by atoms with Gasteiger partial charge in [0, 0.05) is 13.1 Å². The maximum Gasteiger partial charge on any atom is 0.328 e. The van der Waals surface area contributed by atoms with E-state index >= 15 is 0 Å². The Kier molecular flexibility index (Phi) is 4.41. The van der Waals surface area contributed by atoms with E-state index in [0.29, 0.717) is 0 Å². The molecule has 5 N–H and O–H groups in total. The summed E-state index contributed by atoms with van der Waals surface area (Å²) in [7, 11) is 0. The van der Waals surface area contributed by atoms with Gasteiger partial charge in [-0.25, -0.2) is 4.79 Å². The first-order valence-electron chi connectivity index (χ1n) is 5.36. The quantitative estimate of drug-likeness (QED) is 0.523. The lowest BCUT2D eigenvalue weighted by molar-refractivity contribution is -0.142. The van der Waals surface area contributed by atoms with Gasteiger partial charge in [0.1, 0.15) is 11.5 Å². The van der Waals surface area contributed by atoms with Crippen molar-refractivity contribution in [2.24, 2.45) is 5.73 Å². The number of aliphatic carboxylic acids is 1. The number of pyridine rings is 1. The van der Waals surface area contributed by atoms with Gasteiger partial charge in [-0.2, -0.15) is 0 Å². The van der Waals surface area contributed by atoms with Gasteiger partial charge in [-0.05, 0) is 12.1 Å². The third-order valence-corrected chi connectivity index (χ3v) is 2.36. The van der Waals surface area contributed by atoms with Gasteiger partial charge in [0.15, 0.2) is 0 Å². The number of aromatic nitrogens is 1. The molecule has 0 saturated heterocycles. The van der Waals surface area contributed by atoms with Gasteiger partial charge in [-0.15, -0.1) is 0 Å². The highest BCUT2D eigenvalue weighted by Gasteiger charge is 2.19. The smallest absolute Gasteiger partial charge is 0.328 e. The Morgan fingerprint density at radius 2 is 2.11 bits per heavy atom. The van der Waals surface area contributed by atoms with Crippen molar-refractivity contribution in [3.8, 4) is 0 Å². The SMILES string of the molecule is CC(=O)NC(Cn1cc(C(N)=O)ccc1=N)C(=O)O. The molecular weight excluding hydrogens is 252 g/mol. The Balaban J connectivity index is 3.05. The van der Waals surface area contributed by atoms with E-state index in [9.17, 15) is 14.4 Å². The maximum absolute atomic E-state index is 11.0. The summed E-state index contributed by atoms with van der Waals surface area (Å²) in [4.78, 5) is 32.9. The topological polar surface area (TPSA) is 138 Å². The third kappa shape index (κ3) is 3.95. The minimum absolute atomic E-state index is 0.00148. The minimum atomic E-state index is -1.23. The normalized spacial score (nSPS) is 11.6. The molecule has 102 valence electrons. The lowest BCUT2D eigenvalue weighted by Crippen LogP contribution is -2.44. The molecule has 1 aromatic rings. The summed E-state index contributed by atoms with van der Waals surface area (Å²) < 4.78 is 1.23. The van der Waals surface area contributed by atoms with E-state index in [0.717, 1.165) is 0 Å². The number of carboxylic acid groups (broad SMARTS) is 1. The Morgan fingerprint density at radius 3 is 2.58 bits per heavy atom. The Labute approximate surface area is 108 Å². The van der Waals surface area contributed by atoms with E-state index in [2.05, 4.69) is 5.32 Å². The Hall–Kier alpha value is -2.64. The van der Waals surface area contributed by atoms with Gasteiger partial charge < -0.3 is 20.7 Å². The summed E-state index contributed by atoms with van der Waals surface area (Å²) in [5.41, 5.74) is 5.26. The van der Waals surface area contributed by atoms with Crippen molar-refractivity contribution in [3.05, 3.63) is 29.4 Å². The number of nitrogens with one attached hydrogen (secondary N) is 2. The second kappa shape index (κ2) is 5.80. The molecule has 2 amide bonds. The van der Waals surface area contributed by atoms with Crippen LogP contribution in [0.4, 0.5) is 0 Å². The van der Waals surface area contributed by atoms with Gasteiger partial charge in [-0.1, -0.05) is 0 Å². The lowest BCUT2D eigenvalue weighted by atomic mass is 10.2. The van der Waals surface area contributed by atoms with Crippen molar-refractivity contribution in [3.63, 3.8) is 0 Å². The average molecular weight is 266 g/mol. The number of hydrogen-bond donors (Lipinski definition) is 4. The Morgan fingerprint density at radius 1 is 1.47 bits per heavy atom. The van der Waals surface area contributed by atoms with Crippen LogP contribution in [0.5, 0.6) is 0 Å². The number of hydrogen-bond acceptors (Lipinski definition) is 4. The van der Waals surface area contributed by atoms with Crippen LogP contribution >= 0.6 is 0 Å². The molecule has 19 heavy (non-hydrogen) atoms. The summed E-state index contributed by atoms with van der Waals surface area (Å²) in [6.45, 7) is 1.02. The second-order valence-electron chi connectivity index (χ2n) is 3.91. The van der Waals surface area contributed by atoms with Crippen LogP contribution < -0.4 is 16.5 Å². The standard InChI is InChI=1S/C11H14N4O4/c1-6(16)14-8(11(18)19)5-15-4-7(10(13)17)2-3-9(15)12/h2-4,8,12H,5H2,1H3,(H2,13,17)(H,14,16)(H,18,19). The zero-order valence-corrected chi connectivity index (χ0v) is 10.2. The van der Waals surface area contributed by atoms with Crippen LogP contribution in [0.3, 0.4) is 0 Å². The maximum atomic E-state index is 11.0. The van der Waals surface area contributed by atoms with Gasteiger partial charge in [-0.3, -0.25) is 15.0 Å². The number of nitrogens with two attached hydrogens (primary N) is 1. The third-order valence-electron chi connectivity index (χ3n) is 2.36. The molecule has 1 unspecified atom stereocenters. The molecule has 8 nitrogen and oxygen atoms in total. The van der Waals surface area contributed by atoms with E-state index in [-0.39, 0.29) is 17.6 Å². The molecule has 0 aromatic carbocycles. The van der Waals surface area contributed by atoms with E-state index in [1.54, 1.807) is 0 Å². The summed E-state index contributed by atoms with van der Waals surface area (Å²) >= 11 is 0. The molecule has 1 aromatic heterocycles. The summed E-state index contributed by atoms with van der Waals surface area (Å²) in [5, 5.41) is 18.8. The zero-order chi connectivity index (χ0) is 14.6. The first-order chi connectivity index (χ1) is 8.81. The molecule has 8 heteroatoms. The number of rotatable bonds is 5. The van der Waals surface area contributed by atoms with E-state index in [1.807, 2.05) is 0 Å². The molecular formula is C11H14N4O4. The van der Waals surface area contributed by atoms with E-state index in [1.165, 1.54) is 29.8 Å². The number of amides is 2. The van der Waals surface area contributed by atoms with Crippen LogP contribution in [-0.4, -0.2) is 33.5 Å². The van der Waals surface area contributed by atoms with Crippen LogP contribution in [0.15, 0.2) is 18.3 Å². The van der Waals surface area contributed by atoms with Crippen molar-refractivity contribution < 1.29 is 19.5 Å². The van der Waals surface area contributed by atoms with Crippen molar-refractivity contribution in [2.45, 2.75) is 19.5 Å². The van der Waals surface area contributed by atoms with Gasteiger partial charge in [0.05, 0.1) is 12.1 Å². The fourth-order valence-corrected chi connectivity index (χ4v) is 1.47. The number of nitrogens with zero attached hydrogens (tertiary/aromatic N) is 1. The largest absolute Gasteiger partial charge is 0.480 e. The van der Waals surface area contributed by atoms with Crippen molar-refractivity contribution in [2.75, 3.05) is 0 Å². The number of carbonyl (C=O) groups excluding carboxylic acids is 2. The minimum Gasteiger partial charge on any atom is -0.480 e. The van der Waals surface area contributed by atoms with Crippen molar-refractivity contribution in [1.29, 1.82) is 5.41 Å². The van der Waals surface area contributed by atoms with E-state index < -0.39 is 23.8 Å². The Bertz CT molecular complexity index is 578. The predicted octanol–water partition coefficient (Wildman–Crippen LogP) is -1.34. The molecule has 1 atom stereocenters. The number of carboxylic acids is 1. The number of carbonyl (C=O) groups is 3. The molecule has 1 rings (SSSR count). The predicted molar refractivity (Wildman–Crippen MR) is 64.0 cm³/mol. The molecule has 1 heterocycles. The molecule has 0 saturated carbocycles. The molecule has 0 spiro atoms. The number of primary amides is 1. The highest BCUT2D eigenvalue weighted by molar-refractivity contribution is 5.92. The van der Waals surface area contributed by atoms with Crippen LogP contribution in [0.25, 0.3) is 0 Å². The van der Waals surface area contributed by atoms with Crippen molar-refractivity contribution in [1.82, 2.24) is 9.88 Å².